The third kappa shape index (κ3) is 4.50. The zero-order valence-electron chi connectivity index (χ0n) is 21.7. The molecule has 0 saturated carbocycles. The van der Waals surface area contributed by atoms with Gasteiger partial charge in [-0.2, -0.15) is 0 Å². The second kappa shape index (κ2) is 9.67. The Hall–Kier alpha value is -3.65. The number of methoxy groups -OCH3 is 3. The molecule has 3 aromatic rings. The van der Waals surface area contributed by atoms with Crippen molar-refractivity contribution >= 4 is 21.4 Å². The average Bonchev–Trinajstić information content (AvgIpc) is 3.39. The molecule has 1 heterocycles. The van der Waals surface area contributed by atoms with Gasteiger partial charge in [-0.05, 0) is 90.9 Å². The van der Waals surface area contributed by atoms with Crippen molar-refractivity contribution in [2.45, 2.75) is 37.1 Å². The Labute approximate surface area is 218 Å². The van der Waals surface area contributed by atoms with E-state index in [4.69, 9.17) is 14.2 Å². The first-order valence-corrected chi connectivity index (χ1v) is 13.7. The Morgan fingerprint density at radius 1 is 0.892 bits per heavy atom. The Morgan fingerprint density at radius 2 is 1.62 bits per heavy atom. The Balaban J connectivity index is 1.50. The average molecular weight is 521 g/mol. The summed E-state index contributed by atoms with van der Waals surface area (Å²) in [6, 6.07) is 14.8. The molecule has 2 N–H and O–H groups in total. The van der Waals surface area contributed by atoms with Crippen molar-refractivity contribution in [2.24, 2.45) is 5.92 Å². The van der Waals surface area contributed by atoms with Crippen LogP contribution in [0, 0.1) is 19.8 Å². The fourth-order valence-corrected chi connectivity index (χ4v) is 6.45. The number of allylic oxidation sites excluding steroid dienone is 2. The first kappa shape index (κ1) is 25.0. The highest BCUT2D eigenvalue weighted by atomic mass is 32.2. The fraction of sp³-hybridized carbons (Fsp3) is 0.310. The molecule has 0 fully saturated rings. The van der Waals surface area contributed by atoms with E-state index in [1.165, 1.54) is 0 Å². The second-order valence-electron chi connectivity index (χ2n) is 9.59. The molecular weight excluding hydrogens is 488 g/mol. The molecule has 7 nitrogen and oxygen atoms in total. The number of hydrogen-bond donors (Lipinski definition) is 2. The number of ether oxygens (including phenoxy) is 3. The number of fused-ring (bicyclic) bond motifs is 3. The highest BCUT2D eigenvalue weighted by molar-refractivity contribution is 7.92. The van der Waals surface area contributed by atoms with Gasteiger partial charge in [-0.3, -0.25) is 4.72 Å². The molecule has 8 heteroatoms. The lowest BCUT2D eigenvalue weighted by atomic mass is 9.77. The summed E-state index contributed by atoms with van der Waals surface area (Å²) in [5.41, 5.74) is 5.62. The van der Waals surface area contributed by atoms with Crippen LogP contribution in [-0.2, 0) is 10.0 Å². The van der Waals surface area contributed by atoms with Crippen LogP contribution >= 0.6 is 0 Å². The van der Waals surface area contributed by atoms with Gasteiger partial charge in [0.1, 0.15) is 0 Å². The van der Waals surface area contributed by atoms with E-state index in [1.54, 1.807) is 39.5 Å². The number of anilines is 2. The van der Waals surface area contributed by atoms with Crippen LogP contribution in [0.2, 0.25) is 0 Å². The van der Waals surface area contributed by atoms with Crippen LogP contribution in [0.5, 0.6) is 17.2 Å². The minimum absolute atomic E-state index is 0.0164. The molecule has 0 saturated heterocycles. The molecule has 0 radical (unpaired) electrons. The van der Waals surface area contributed by atoms with Crippen LogP contribution in [0.25, 0.3) is 0 Å². The molecule has 0 bridgehead atoms. The maximum absolute atomic E-state index is 13.3. The third-order valence-corrected chi connectivity index (χ3v) is 8.83. The molecule has 0 aromatic heterocycles. The molecule has 37 heavy (non-hydrogen) atoms. The van der Waals surface area contributed by atoms with Crippen molar-refractivity contribution in [3.63, 3.8) is 0 Å². The van der Waals surface area contributed by atoms with E-state index < -0.39 is 10.0 Å². The minimum atomic E-state index is -3.75. The number of nitrogens with one attached hydrogen (secondary N) is 2. The monoisotopic (exact) mass is 520 g/mol. The van der Waals surface area contributed by atoms with Crippen molar-refractivity contribution in [2.75, 3.05) is 31.4 Å². The molecule has 0 spiro atoms. The van der Waals surface area contributed by atoms with Gasteiger partial charge in [0.15, 0.2) is 11.5 Å². The Kier molecular flexibility index (Phi) is 6.54. The van der Waals surface area contributed by atoms with E-state index in [9.17, 15) is 8.42 Å². The molecule has 0 unspecified atom stereocenters. The number of aryl methyl sites for hydroxylation is 2. The van der Waals surface area contributed by atoms with Gasteiger partial charge in [0, 0.05) is 17.3 Å². The lowest BCUT2D eigenvalue weighted by Crippen LogP contribution is -2.29. The van der Waals surface area contributed by atoms with Gasteiger partial charge in [-0.15, -0.1) is 0 Å². The zero-order chi connectivity index (χ0) is 26.3. The molecule has 3 atom stereocenters. The van der Waals surface area contributed by atoms with Gasteiger partial charge in [0.2, 0.25) is 5.75 Å². The normalized spacial score (nSPS) is 20.0. The second-order valence-corrected chi connectivity index (χ2v) is 11.3. The maximum Gasteiger partial charge on any atom is 0.261 e. The van der Waals surface area contributed by atoms with Crippen LogP contribution in [-0.4, -0.2) is 29.7 Å². The summed E-state index contributed by atoms with van der Waals surface area (Å²) in [5.74, 6) is 2.05. The first-order chi connectivity index (χ1) is 17.7. The summed E-state index contributed by atoms with van der Waals surface area (Å²) in [7, 11) is 1.06. The molecule has 3 aromatic carbocycles. The lowest BCUT2D eigenvalue weighted by Gasteiger charge is -2.38. The van der Waals surface area contributed by atoms with Gasteiger partial charge in [-0.25, -0.2) is 8.42 Å². The Bertz CT molecular complexity index is 1460. The standard InChI is InChI=1S/C29H32N2O5S/c1-17-9-10-20(13-18(17)2)31-37(32,33)21-11-12-25-24(16-21)22-7-6-8-23(22)28(30-25)19-14-26(34-3)29(36-5)27(15-19)35-4/h6-7,9-16,22-23,28,30-31H,8H2,1-5H3/t22-,23-,28-/m1/s1. The smallest absolute Gasteiger partial charge is 0.261 e. The van der Waals surface area contributed by atoms with Gasteiger partial charge < -0.3 is 19.5 Å². The molecule has 2 aliphatic rings. The fourth-order valence-electron chi connectivity index (χ4n) is 5.37. The Morgan fingerprint density at radius 3 is 2.27 bits per heavy atom. The van der Waals surface area contributed by atoms with E-state index in [0.29, 0.717) is 22.9 Å². The summed E-state index contributed by atoms with van der Waals surface area (Å²) in [5, 5.41) is 3.66. The van der Waals surface area contributed by atoms with E-state index in [1.807, 2.05) is 44.2 Å². The highest BCUT2D eigenvalue weighted by Gasteiger charge is 2.39. The molecule has 0 amide bonds. The van der Waals surface area contributed by atoms with Crippen LogP contribution < -0.4 is 24.2 Å². The summed E-state index contributed by atoms with van der Waals surface area (Å²) < 4.78 is 45.9. The van der Waals surface area contributed by atoms with Crippen LogP contribution in [0.15, 0.2) is 65.6 Å². The van der Waals surface area contributed by atoms with Gasteiger partial charge in [0.05, 0.1) is 32.3 Å². The van der Waals surface area contributed by atoms with Gasteiger partial charge >= 0.3 is 0 Å². The molecular formula is C29H32N2O5S. The van der Waals surface area contributed by atoms with E-state index in [-0.39, 0.29) is 22.8 Å². The predicted molar refractivity (Wildman–Crippen MR) is 146 cm³/mol. The largest absolute Gasteiger partial charge is 0.493 e. The lowest BCUT2D eigenvalue weighted by molar-refractivity contribution is 0.322. The van der Waals surface area contributed by atoms with Crippen molar-refractivity contribution in [1.82, 2.24) is 0 Å². The van der Waals surface area contributed by atoms with Gasteiger partial charge in [-0.1, -0.05) is 18.2 Å². The van der Waals surface area contributed by atoms with Crippen molar-refractivity contribution in [1.29, 1.82) is 0 Å². The maximum atomic E-state index is 13.3. The van der Waals surface area contributed by atoms with Crippen molar-refractivity contribution in [3.8, 4) is 17.2 Å². The van der Waals surface area contributed by atoms with E-state index in [2.05, 4.69) is 22.2 Å². The van der Waals surface area contributed by atoms with Crippen LogP contribution in [0.4, 0.5) is 11.4 Å². The van der Waals surface area contributed by atoms with Gasteiger partial charge in [0.25, 0.3) is 10.0 Å². The van der Waals surface area contributed by atoms with E-state index in [0.717, 1.165) is 34.4 Å². The van der Waals surface area contributed by atoms with Crippen molar-refractivity contribution < 1.29 is 22.6 Å². The molecule has 5 rings (SSSR count). The molecule has 1 aliphatic heterocycles. The quantitative estimate of drug-likeness (QED) is 0.374. The SMILES string of the molecule is COc1cc([C@H]2Nc3ccc(S(=O)(=O)Nc4ccc(C)c(C)c4)cc3[C@@H]3C=CC[C@@H]23)cc(OC)c1OC. The summed E-state index contributed by atoms with van der Waals surface area (Å²) >= 11 is 0. The van der Waals surface area contributed by atoms with Crippen LogP contribution in [0.3, 0.4) is 0 Å². The number of benzene rings is 3. The summed E-state index contributed by atoms with van der Waals surface area (Å²) in [6.07, 6.45) is 5.23. The van der Waals surface area contributed by atoms with E-state index >= 15 is 0 Å². The number of rotatable bonds is 7. The summed E-state index contributed by atoms with van der Waals surface area (Å²) in [4.78, 5) is 0.247. The first-order valence-electron chi connectivity index (χ1n) is 12.2. The van der Waals surface area contributed by atoms with Crippen molar-refractivity contribution in [3.05, 3.63) is 82.9 Å². The third-order valence-electron chi connectivity index (χ3n) is 7.45. The van der Waals surface area contributed by atoms with Crippen LogP contribution in [0.1, 0.15) is 40.6 Å². The highest BCUT2D eigenvalue weighted by Crippen LogP contribution is 2.52. The molecule has 194 valence electrons. The topological polar surface area (TPSA) is 85.9 Å². The predicted octanol–water partition coefficient (Wildman–Crippen LogP) is 5.96. The number of sulfonamides is 1. The zero-order valence-corrected chi connectivity index (χ0v) is 22.5. The summed E-state index contributed by atoms with van der Waals surface area (Å²) in [6.45, 7) is 3.97. The molecule has 1 aliphatic carbocycles. The number of hydrogen-bond acceptors (Lipinski definition) is 6. The minimum Gasteiger partial charge on any atom is -0.493 e.